The molecule has 4 nitrogen and oxygen atoms in total. The van der Waals surface area contributed by atoms with E-state index in [1.807, 2.05) is 6.92 Å². The van der Waals surface area contributed by atoms with Crippen LogP contribution in [0.5, 0.6) is 5.75 Å². The number of carbonyl (C=O) groups excluding carboxylic acids is 1. The van der Waals surface area contributed by atoms with E-state index in [0.717, 1.165) is 13.0 Å². The molecular weight excluding hydrogens is 271 g/mol. The van der Waals surface area contributed by atoms with Crippen molar-refractivity contribution in [2.75, 3.05) is 13.2 Å². The Kier molecular flexibility index (Phi) is 6.62. The molecule has 0 radical (unpaired) electrons. The number of hydrogen-bond donors (Lipinski definition) is 2. The molecule has 1 aromatic carbocycles. The zero-order valence-corrected chi connectivity index (χ0v) is 13.0. The largest absolute Gasteiger partial charge is 0.491 e. The van der Waals surface area contributed by atoms with E-state index in [1.54, 1.807) is 32.0 Å². The molecule has 1 rings (SSSR count). The molecule has 5 heteroatoms. The lowest BCUT2D eigenvalue weighted by atomic mass is 9.95. The molecule has 1 amide bonds. The van der Waals surface area contributed by atoms with Gasteiger partial charge in [-0.1, -0.05) is 19.1 Å². The zero-order chi connectivity index (χ0) is 15.9. The van der Waals surface area contributed by atoms with Crippen molar-refractivity contribution in [3.63, 3.8) is 0 Å². The first-order chi connectivity index (χ1) is 9.90. The predicted molar refractivity (Wildman–Crippen MR) is 81.8 cm³/mol. The van der Waals surface area contributed by atoms with Crippen LogP contribution in [0.4, 0.5) is 4.39 Å². The van der Waals surface area contributed by atoms with Crippen molar-refractivity contribution >= 4 is 5.91 Å². The number of benzene rings is 1. The normalized spacial score (nSPS) is 13.7. The first-order valence-corrected chi connectivity index (χ1v) is 7.33. The highest BCUT2D eigenvalue weighted by Gasteiger charge is 2.29. The van der Waals surface area contributed by atoms with Crippen molar-refractivity contribution in [1.82, 2.24) is 5.32 Å². The van der Waals surface area contributed by atoms with Crippen molar-refractivity contribution in [3.05, 3.63) is 29.6 Å². The van der Waals surface area contributed by atoms with Crippen LogP contribution in [0.3, 0.4) is 0 Å². The van der Waals surface area contributed by atoms with E-state index in [9.17, 15) is 9.18 Å². The Morgan fingerprint density at radius 2 is 2.19 bits per heavy atom. The molecule has 0 aliphatic rings. The van der Waals surface area contributed by atoms with E-state index in [2.05, 4.69) is 5.32 Å². The number of carbonyl (C=O) groups is 1. The van der Waals surface area contributed by atoms with Gasteiger partial charge in [0.25, 0.3) is 0 Å². The Morgan fingerprint density at radius 3 is 2.81 bits per heavy atom. The lowest BCUT2D eigenvalue weighted by Gasteiger charge is -2.27. The molecule has 0 saturated heterocycles. The molecule has 21 heavy (non-hydrogen) atoms. The van der Waals surface area contributed by atoms with E-state index in [1.165, 1.54) is 0 Å². The maximum atomic E-state index is 13.7. The van der Waals surface area contributed by atoms with Crippen LogP contribution in [0.1, 0.15) is 38.7 Å². The van der Waals surface area contributed by atoms with Gasteiger partial charge in [-0.2, -0.15) is 0 Å². The fourth-order valence-electron chi connectivity index (χ4n) is 2.04. The number of rotatable bonds is 9. The average Bonchev–Trinajstić information content (AvgIpc) is 2.45. The molecule has 0 spiro atoms. The molecule has 118 valence electrons. The summed E-state index contributed by atoms with van der Waals surface area (Å²) in [7, 11) is 0. The van der Waals surface area contributed by atoms with Crippen LogP contribution in [-0.4, -0.2) is 24.6 Å². The standard InChI is InChI=1S/C16H25FN2O2/c1-4-10-19-16(3,15(18)20)9-6-11-21-13-8-5-7-12(2)14(13)17/h5,7-8,19H,4,6,9-11H2,1-3H3,(H2,18,20). The molecule has 0 aliphatic carbocycles. The smallest absolute Gasteiger partial charge is 0.237 e. The summed E-state index contributed by atoms with van der Waals surface area (Å²) in [6, 6.07) is 5.05. The summed E-state index contributed by atoms with van der Waals surface area (Å²) in [6.45, 7) is 6.58. The van der Waals surface area contributed by atoms with Crippen molar-refractivity contribution in [2.45, 2.75) is 45.6 Å². The minimum atomic E-state index is -0.746. The highest BCUT2D eigenvalue weighted by Crippen LogP contribution is 2.20. The molecule has 3 N–H and O–H groups in total. The Balaban J connectivity index is 2.48. The summed E-state index contributed by atoms with van der Waals surface area (Å²) in [5.41, 5.74) is 5.26. The van der Waals surface area contributed by atoms with Gasteiger partial charge in [0.1, 0.15) is 0 Å². The van der Waals surface area contributed by atoms with Crippen LogP contribution in [-0.2, 0) is 4.79 Å². The molecule has 0 bridgehead atoms. The average molecular weight is 296 g/mol. The van der Waals surface area contributed by atoms with Crippen LogP contribution in [0, 0.1) is 12.7 Å². The summed E-state index contributed by atoms with van der Waals surface area (Å²) < 4.78 is 19.2. The number of aryl methyl sites for hydroxylation is 1. The van der Waals surface area contributed by atoms with Crippen LogP contribution >= 0.6 is 0 Å². The van der Waals surface area contributed by atoms with Crippen LogP contribution in [0.15, 0.2) is 18.2 Å². The fourth-order valence-corrected chi connectivity index (χ4v) is 2.04. The Morgan fingerprint density at radius 1 is 1.48 bits per heavy atom. The Bertz CT molecular complexity index is 479. The number of primary amides is 1. The number of hydrogen-bond acceptors (Lipinski definition) is 3. The molecule has 0 saturated carbocycles. The van der Waals surface area contributed by atoms with Gasteiger partial charge in [-0.15, -0.1) is 0 Å². The van der Waals surface area contributed by atoms with E-state index in [0.29, 0.717) is 25.0 Å². The monoisotopic (exact) mass is 296 g/mol. The second-order valence-electron chi connectivity index (χ2n) is 5.46. The third kappa shape index (κ3) is 5.01. The molecule has 1 atom stereocenters. The minimum absolute atomic E-state index is 0.247. The highest BCUT2D eigenvalue weighted by atomic mass is 19.1. The van der Waals surface area contributed by atoms with Gasteiger partial charge in [-0.05, 0) is 51.3 Å². The lowest BCUT2D eigenvalue weighted by Crippen LogP contribution is -2.53. The SMILES string of the molecule is CCCNC(C)(CCCOc1cccc(C)c1F)C(N)=O. The zero-order valence-electron chi connectivity index (χ0n) is 13.0. The fraction of sp³-hybridized carbons (Fsp3) is 0.562. The van der Waals surface area contributed by atoms with Gasteiger partial charge in [-0.25, -0.2) is 4.39 Å². The molecule has 0 aromatic heterocycles. The van der Waals surface area contributed by atoms with E-state index in [-0.39, 0.29) is 17.5 Å². The molecule has 1 aromatic rings. The van der Waals surface area contributed by atoms with Gasteiger partial charge in [0.15, 0.2) is 11.6 Å². The number of nitrogens with two attached hydrogens (primary N) is 1. The van der Waals surface area contributed by atoms with Gasteiger partial charge < -0.3 is 15.8 Å². The number of ether oxygens (including phenoxy) is 1. The molecule has 1 unspecified atom stereocenters. The third-order valence-corrected chi connectivity index (χ3v) is 3.54. The van der Waals surface area contributed by atoms with Crippen molar-refractivity contribution in [1.29, 1.82) is 0 Å². The summed E-state index contributed by atoms with van der Waals surface area (Å²) >= 11 is 0. The predicted octanol–water partition coefficient (Wildman–Crippen LogP) is 2.54. The molecule has 0 aliphatic heterocycles. The maximum Gasteiger partial charge on any atom is 0.237 e. The Hall–Kier alpha value is -1.62. The summed E-state index contributed by atoms with van der Waals surface area (Å²) in [4.78, 5) is 11.5. The molecule has 0 heterocycles. The van der Waals surface area contributed by atoms with E-state index >= 15 is 0 Å². The number of nitrogens with one attached hydrogen (secondary N) is 1. The quantitative estimate of drug-likeness (QED) is 0.688. The number of halogens is 1. The topological polar surface area (TPSA) is 64.3 Å². The number of amides is 1. The second kappa shape index (κ2) is 7.98. The third-order valence-electron chi connectivity index (χ3n) is 3.54. The Labute approximate surface area is 125 Å². The van der Waals surface area contributed by atoms with Crippen molar-refractivity contribution in [3.8, 4) is 5.75 Å². The van der Waals surface area contributed by atoms with Gasteiger partial charge in [0.05, 0.1) is 12.1 Å². The second-order valence-corrected chi connectivity index (χ2v) is 5.46. The highest BCUT2D eigenvalue weighted by molar-refractivity contribution is 5.84. The van der Waals surface area contributed by atoms with Gasteiger partial charge in [0.2, 0.25) is 5.91 Å². The van der Waals surface area contributed by atoms with Crippen LogP contribution in [0.25, 0.3) is 0 Å². The van der Waals surface area contributed by atoms with Crippen molar-refractivity contribution in [2.24, 2.45) is 5.73 Å². The molecular formula is C16H25FN2O2. The minimum Gasteiger partial charge on any atom is -0.491 e. The first kappa shape index (κ1) is 17.4. The van der Waals surface area contributed by atoms with E-state index in [4.69, 9.17) is 10.5 Å². The van der Waals surface area contributed by atoms with Crippen LogP contribution in [0.2, 0.25) is 0 Å². The maximum absolute atomic E-state index is 13.7. The van der Waals surface area contributed by atoms with Gasteiger partial charge >= 0.3 is 0 Å². The van der Waals surface area contributed by atoms with Gasteiger partial charge in [-0.3, -0.25) is 4.79 Å². The van der Waals surface area contributed by atoms with Gasteiger partial charge in [0, 0.05) is 0 Å². The molecule has 0 fully saturated rings. The van der Waals surface area contributed by atoms with E-state index < -0.39 is 5.54 Å². The summed E-state index contributed by atoms with van der Waals surface area (Å²) in [6.07, 6.45) is 2.09. The first-order valence-electron chi connectivity index (χ1n) is 7.33. The summed E-state index contributed by atoms with van der Waals surface area (Å²) in [5, 5.41) is 3.16. The summed E-state index contributed by atoms with van der Waals surface area (Å²) in [5.74, 6) is -0.464. The van der Waals surface area contributed by atoms with Crippen molar-refractivity contribution < 1.29 is 13.9 Å². The lowest BCUT2D eigenvalue weighted by molar-refractivity contribution is -0.124. The van der Waals surface area contributed by atoms with Crippen LogP contribution < -0.4 is 15.8 Å².